The lowest BCUT2D eigenvalue weighted by atomic mass is 9.66. The highest BCUT2D eigenvalue weighted by molar-refractivity contribution is 6.30. The zero-order chi connectivity index (χ0) is 21.2. The molecular formula is C22H21ClFN3O3. The fourth-order valence-corrected chi connectivity index (χ4v) is 5.20. The Morgan fingerprint density at radius 1 is 1.27 bits per heavy atom. The van der Waals surface area contributed by atoms with E-state index in [4.69, 9.17) is 22.1 Å². The summed E-state index contributed by atoms with van der Waals surface area (Å²) < 4.78 is 20.2. The highest BCUT2D eigenvalue weighted by Gasteiger charge is 2.60. The molecule has 1 saturated carbocycles. The number of amides is 1. The van der Waals surface area contributed by atoms with Crippen molar-refractivity contribution in [1.82, 2.24) is 4.90 Å². The quantitative estimate of drug-likeness (QED) is 0.729. The first-order chi connectivity index (χ1) is 14.3. The summed E-state index contributed by atoms with van der Waals surface area (Å²) in [4.78, 5) is 19.5. The maximum Gasteiger partial charge on any atom is 0.262 e. The number of nitrogens with zero attached hydrogens (tertiary/aromatic N) is 2. The minimum Gasteiger partial charge on any atom is -0.490 e. The molecule has 1 amide bonds. The number of likely N-dealkylation sites (N-methyl/N-ethyl adjacent to an activating group) is 1. The molecular weight excluding hydrogens is 409 g/mol. The van der Waals surface area contributed by atoms with Crippen molar-refractivity contribution in [3.63, 3.8) is 0 Å². The molecule has 1 fully saturated rings. The number of aliphatic hydroxyl groups excluding tert-OH is 1. The molecule has 2 aromatic rings. The third-order valence-electron chi connectivity index (χ3n) is 6.43. The summed E-state index contributed by atoms with van der Waals surface area (Å²) >= 11 is 6.04. The number of aliphatic imine (C=N–C) groups is 1. The lowest BCUT2D eigenvalue weighted by Crippen LogP contribution is -2.55. The van der Waals surface area contributed by atoms with Crippen molar-refractivity contribution in [3.05, 3.63) is 52.8 Å². The lowest BCUT2D eigenvalue weighted by Gasteiger charge is -2.47. The van der Waals surface area contributed by atoms with Crippen LogP contribution in [-0.2, 0) is 10.3 Å². The maximum absolute atomic E-state index is 13.9. The van der Waals surface area contributed by atoms with Gasteiger partial charge in [-0.2, -0.15) is 0 Å². The van der Waals surface area contributed by atoms with Gasteiger partial charge in [-0.15, -0.1) is 0 Å². The van der Waals surface area contributed by atoms with Crippen molar-refractivity contribution in [2.45, 2.75) is 37.0 Å². The molecule has 1 spiro atoms. The van der Waals surface area contributed by atoms with Crippen LogP contribution in [0.15, 0.2) is 41.4 Å². The number of halogens is 2. The molecule has 6 nitrogen and oxygen atoms in total. The van der Waals surface area contributed by atoms with Crippen molar-refractivity contribution in [3.8, 4) is 16.9 Å². The Hall–Kier alpha value is -2.64. The average Bonchev–Trinajstić information content (AvgIpc) is 2.93. The minimum atomic E-state index is -1.27. The normalized spacial score (nSPS) is 30.0. The van der Waals surface area contributed by atoms with Gasteiger partial charge in [0.1, 0.15) is 17.7 Å². The first kappa shape index (κ1) is 19.3. The van der Waals surface area contributed by atoms with E-state index in [1.165, 1.54) is 17.0 Å². The van der Waals surface area contributed by atoms with Crippen LogP contribution in [0.4, 0.5) is 4.39 Å². The molecule has 30 heavy (non-hydrogen) atoms. The van der Waals surface area contributed by atoms with Gasteiger partial charge in [0.15, 0.2) is 11.5 Å². The number of nitrogens with two attached hydrogens (primary N) is 1. The number of guanidine groups is 1. The Bertz CT molecular complexity index is 1070. The second-order valence-electron chi connectivity index (χ2n) is 8.20. The van der Waals surface area contributed by atoms with E-state index in [2.05, 4.69) is 4.99 Å². The predicted molar refractivity (Wildman–Crippen MR) is 111 cm³/mol. The van der Waals surface area contributed by atoms with Gasteiger partial charge >= 0.3 is 0 Å². The molecule has 3 aliphatic rings. The average molecular weight is 430 g/mol. The molecule has 1 unspecified atom stereocenters. The number of carbonyl (C=O) groups excluding carboxylic acids is 1. The summed E-state index contributed by atoms with van der Waals surface area (Å²) in [6.45, 7) is 0. The molecule has 0 radical (unpaired) electrons. The van der Waals surface area contributed by atoms with E-state index in [0.717, 1.165) is 0 Å². The smallest absolute Gasteiger partial charge is 0.262 e. The zero-order valence-corrected chi connectivity index (χ0v) is 17.1. The van der Waals surface area contributed by atoms with Crippen molar-refractivity contribution in [2.75, 3.05) is 7.05 Å². The van der Waals surface area contributed by atoms with Gasteiger partial charge in [-0.25, -0.2) is 9.38 Å². The molecule has 2 heterocycles. The second kappa shape index (κ2) is 6.68. The summed E-state index contributed by atoms with van der Waals surface area (Å²) in [5, 5.41) is 10.6. The summed E-state index contributed by atoms with van der Waals surface area (Å²) in [5.41, 5.74) is 6.63. The Kier molecular flexibility index (Phi) is 4.31. The molecule has 0 bridgehead atoms. The van der Waals surface area contributed by atoms with Gasteiger partial charge in [-0.05, 0) is 60.7 Å². The summed E-state index contributed by atoms with van der Waals surface area (Å²) in [7, 11) is 1.59. The molecule has 4 atom stereocenters. The Labute approximate surface area is 178 Å². The molecule has 0 saturated heterocycles. The molecule has 0 aromatic heterocycles. The van der Waals surface area contributed by atoms with Gasteiger partial charge < -0.3 is 15.6 Å². The van der Waals surface area contributed by atoms with Crippen molar-refractivity contribution < 1.29 is 19.0 Å². The van der Waals surface area contributed by atoms with Gasteiger partial charge in [0.2, 0.25) is 0 Å². The monoisotopic (exact) mass is 429 g/mol. The fourth-order valence-electron chi connectivity index (χ4n) is 4.97. The van der Waals surface area contributed by atoms with Crippen molar-refractivity contribution in [1.29, 1.82) is 0 Å². The number of hydrogen-bond acceptors (Lipinski definition) is 5. The zero-order valence-electron chi connectivity index (χ0n) is 16.3. The van der Waals surface area contributed by atoms with Crippen LogP contribution in [0.3, 0.4) is 0 Å². The number of aliphatic hydroxyl groups is 1. The summed E-state index contributed by atoms with van der Waals surface area (Å²) in [6.07, 6.45) is 0.836. The van der Waals surface area contributed by atoms with Crippen LogP contribution in [0, 0.1) is 11.7 Å². The predicted octanol–water partition coefficient (Wildman–Crippen LogP) is 3.05. The third-order valence-corrected chi connectivity index (χ3v) is 6.64. The van der Waals surface area contributed by atoms with Crippen LogP contribution >= 0.6 is 11.6 Å². The molecule has 156 valence electrons. The lowest BCUT2D eigenvalue weighted by molar-refractivity contribution is -0.138. The summed E-state index contributed by atoms with van der Waals surface area (Å²) in [6, 6.07) is 9.68. The van der Waals surface area contributed by atoms with E-state index in [9.17, 15) is 14.3 Å². The Morgan fingerprint density at radius 2 is 2.07 bits per heavy atom. The second-order valence-corrected chi connectivity index (χ2v) is 8.64. The molecule has 2 aliphatic heterocycles. The standard InChI is InChI=1S/C22H21ClFN3O3/c1-27-20(29)22(26-21(27)25)16-8-11(12-6-13(23)9-14(24)7-12)2-4-18(16)30-19-5-3-15(28)10-17(19)22/h2,4,6-9,15,17,19,28H,3,5,10H2,1H3,(H2,25,26)/t15?,17-,19-,22-/m0/s1. The van der Waals surface area contributed by atoms with Gasteiger partial charge in [-0.3, -0.25) is 9.69 Å². The Balaban J connectivity index is 1.72. The molecule has 8 heteroatoms. The number of carbonyl (C=O) groups is 1. The van der Waals surface area contributed by atoms with Crippen LogP contribution in [-0.4, -0.2) is 41.1 Å². The minimum absolute atomic E-state index is 0.130. The van der Waals surface area contributed by atoms with Crippen molar-refractivity contribution in [2.24, 2.45) is 16.6 Å². The molecule has 1 aliphatic carbocycles. The third kappa shape index (κ3) is 2.72. The number of fused-ring (bicyclic) bond motifs is 4. The summed E-state index contributed by atoms with van der Waals surface area (Å²) in [5.74, 6) is -0.361. The van der Waals surface area contributed by atoms with Crippen LogP contribution in [0.25, 0.3) is 11.1 Å². The van der Waals surface area contributed by atoms with E-state index in [1.807, 2.05) is 6.07 Å². The number of rotatable bonds is 1. The maximum atomic E-state index is 13.9. The van der Waals surface area contributed by atoms with E-state index in [0.29, 0.717) is 41.7 Å². The fraction of sp³-hybridized carbons (Fsp3) is 0.364. The van der Waals surface area contributed by atoms with Gasteiger partial charge in [0, 0.05) is 23.6 Å². The van der Waals surface area contributed by atoms with E-state index >= 15 is 0 Å². The van der Waals surface area contributed by atoms with Crippen LogP contribution in [0.5, 0.6) is 5.75 Å². The largest absolute Gasteiger partial charge is 0.490 e. The first-order valence-corrected chi connectivity index (χ1v) is 10.3. The van der Waals surface area contributed by atoms with Gasteiger partial charge in [0.05, 0.1) is 6.10 Å². The van der Waals surface area contributed by atoms with E-state index < -0.39 is 17.5 Å². The first-order valence-electron chi connectivity index (χ1n) is 9.89. The van der Waals surface area contributed by atoms with Crippen molar-refractivity contribution >= 4 is 23.5 Å². The molecule has 2 aromatic carbocycles. The molecule has 5 rings (SSSR count). The van der Waals surface area contributed by atoms with Crippen LogP contribution < -0.4 is 10.5 Å². The van der Waals surface area contributed by atoms with Gasteiger partial charge in [-0.1, -0.05) is 17.7 Å². The van der Waals surface area contributed by atoms with Crippen LogP contribution in [0.1, 0.15) is 24.8 Å². The number of hydrogen-bond donors (Lipinski definition) is 2. The molecule has 3 N–H and O–H groups in total. The van der Waals surface area contributed by atoms with Gasteiger partial charge in [0.25, 0.3) is 5.91 Å². The van der Waals surface area contributed by atoms with E-state index in [1.54, 1.807) is 25.2 Å². The Morgan fingerprint density at radius 3 is 2.77 bits per heavy atom. The topological polar surface area (TPSA) is 88.2 Å². The van der Waals surface area contributed by atoms with Crippen LogP contribution in [0.2, 0.25) is 5.02 Å². The highest BCUT2D eigenvalue weighted by Crippen LogP contribution is 2.53. The van der Waals surface area contributed by atoms with E-state index in [-0.39, 0.29) is 28.9 Å². The number of benzene rings is 2. The SMILES string of the molecule is CN1C(=O)[C@]2(N=C1N)c1cc(-c3cc(F)cc(Cl)c3)ccc1O[C@H]1CCC(O)C[C@@H]12. The number of ether oxygens (including phenoxy) is 1. The highest BCUT2D eigenvalue weighted by atomic mass is 35.5.